The van der Waals surface area contributed by atoms with Crippen molar-refractivity contribution in [3.05, 3.63) is 28.2 Å². The molecule has 0 N–H and O–H groups in total. The van der Waals surface area contributed by atoms with Crippen LogP contribution in [0.5, 0.6) is 5.75 Å². The molecule has 16 heavy (non-hydrogen) atoms. The van der Waals surface area contributed by atoms with E-state index in [0.29, 0.717) is 10.0 Å². The Morgan fingerprint density at radius 1 is 1.44 bits per heavy atom. The minimum absolute atomic E-state index is 0.0531. The highest BCUT2D eigenvalue weighted by Crippen LogP contribution is 2.27. The number of alkyl halides is 2. The molecular formula is C10H10BrF2NO2. The van der Waals surface area contributed by atoms with Gasteiger partial charge in [-0.3, -0.25) is 4.79 Å². The van der Waals surface area contributed by atoms with Crippen molar-refractivity contribution in [1.29, 1.82) is 0 Å². The number of carbonyl (C=O) groups is 1. The first kappa shape index (κ1) is 12.9. The summed E-state index contributed by atoms with van der Waals surface area (Å²) >= 11 is 3.06. The number of carbonyl (C=O) groups excluding carboxylic acids is 1. The van der Waals surface area contributed by atoms with Crippen LogP contribution in [0.25, 0.3) is 0 Å². The fourth-order valence-corrected chi connectivity index (χ4v) is 1.42. The second-order valence-electron chi connectivity index (χ2n) is 3.22. The minimum atomic E-state index is -2.92. The van der Waals surface area contributed by atoms with Crippen molar-refractivity contribution in [1.82, 2.24) is 4.90 Å². The molecule has 0 radical (unpaired) electrons. The van der Waals surface area contributed by atoms with Crippen LogP contribution in [0.2, 0.25) is 0 Å². The third-order valence-corrected chi connectivity index (χ3v) is 2.46. The van der Waals surface area contributed by atoms with E-state index in [1.54, 1.807) is 14.1 Å². The van der Waals surface area contributed by atoms with Gasteiger partial charge in [0.1, 0.15) is 5.75 Å². The highest BCUT2D eigenvalue weighted by Gasteiger charge is 2.13. The van der Waals surface area contributed by atoms with Gasteiger partial charge in [-0.2, -0.15) is 8.78 Å². The van der Waals surface area contributed by atoms with E-state index in [1.165, 1.54) is 23.1 Å². The normalized spacial score (nSPS) is 10.4. The van der Waals surface area contributed by atoms with Gasteiger partial charge in [-0.05, 0) is 34.1 Å². The molecule has 0 saturated carbocycles. The number of nitrogens with zero attached hydrogens (tertiary/aromatic N) is 1. The summed E-state index contributed by atoms with van der Waals surface area (Å²) in [5.41, 5.74) is 0.295. The third kappa shape index (κ3) is 3.16. The fraction of sp³-hybridized carbons (Fsp3) is 0.300. The summed E-state index contributed by atoms with van der Waals surface area (Å²) < 4.78 is 28.7. The van der Waals surface area contributed by atoms with E-state index in [4.69, 9.17) is 0 Å². The molecule has 0 bridgehead atoms. The lowest BCUT2D eigenvalue weighted by Crippen LogP contribution is -2.21. The Labute approximate surface area is 100 Å². The second kappa shape index (κ2) is 5.25. The molecule has 0 aliphatic carbocycles. The van der Waals surface area contributed by atoms with Crippen LogP contribution in [0.4, 0.5) is 8.78 Å². The standard InChI is InChI=1S/C10H10BrF2NO2/c1-14(2)9(15)6-3-4-7(11)8(5-6)16-10(12)13/h3-5,10H,1-2H3. The van der Waals surface area contributed by atoms with E-state index in [1.807, 2.05) is 0 Å². The van der Waals surface area contributed by atoms with Crippen molar-refractivity contribution in [2.24, 2.45) is 0 Å². The van der Waals surface area contributed by atoms with Gasteiger partial charge in [0.2, 0.25) is 0 Å². The SMILES string of the molecule is CN(C)C(=O)c1ccc(Br)c(OC(F)F)c1. The van der Waals surface area contributed by atoms with Gasteiger partial charge in [-0.15, -0.1) is 0 Å². The molecule has 6 heteroatoms. The number of halogens is 3. The van der Waals surface area contributed by atoms with Crippen LogP contribution >= 0.6 is 15.9 Å². The van der Waals surface area contributed by atoms with Crippen LogP contribution in [0, 0.1) is 0 Å². The van der Waals surface area contributed by atoms with Gasteiger partial charge in [0.05, 0.1) is 4.47 Å². The molecule has 0 aliphatic rings. The molecule has 3 nitrogen and oxygen atoms in total. The molecule has 0 saturated heterocycles. The lowest BCUT2D eigenvalue weighted by molar-refractivity contribution is -0.0504. The van der Waals surface area contributed by atoms with Gasteiger partial charge in [-0.1, -0.05) is 0 Å². The van der Waals surface area contributed by atoms with Crippen molar-refractivity contribution in [3.8, 4) is 5.75 Å². The van der Waals surface area contributed by atoms with Gasteiger partial charge in [-0.25, -0.2) is 0 Å². The average molecular weight is 294 g/mol. The maximum atomic E-state index is 12.1. The Morgan fingerprint density at radius 2 is 2.06 bits per heavy atom. The van der Waals surface area contributed by atoms with Gasteiger partial charge >= 0.3 is 6.61 Å². The Morgan fingerprint density at radius 3 is 2.56 bits per heavy atom. The molecule has 1 aromatic rings. The number of rotatable bonds is 3. The van der Waals surface area contributed by atoms with Crippen molar-refractivity contribution in [2.75, 3.05) is 14.1 Å². The summed E-state index contributed by atoms with van der Waals surface area (Å²) in [6.45, 7) is -2.92. The quantitative estimate of drug-likeness (QED) is 0.858. The molecule has 0 atom stereocenters. The Hall–Kier alpha value is -1.17. The monoisotopic (exact) mass is 293 g/mol. The molecule has 1 aromatic carbocycles. The summed E-state index contributed by atoms with van der Waals surface area (Å²) in [6, 6.07) is 4.30. The number of ether oxygens (including phenoxy) is 1. The lowest BCUT2D eigenvalue weighted by atomic mass is 10.2. The van der Waals surface area contributed by atoms with Crippen molar-refractivity contribution < 1.29 is 18.3 Å². The summed E-state index contributed by atoms with van der Waals surface area (Å²) in [6.07, 6.45) is 0. The van der Waals surface area contributed by atoms with Crippen LogP contribution in [0.3, 0.4) is 0 Å². The molecule has 0 fully saturated rings. The van der Waals surface area contributed by atoms with E-state index in [9.17, 15) is 13.6 Å². The van der Waals surface area contributed by atoms with Crippen LogP contribution in [0.1, 0.15) is 10.4 Å². The van der Waals surface area contributed by atoms with Crippen molar-refractivity contribution >= 4 is 21.8 Å². The number of amides is 1. The zero-order valence-corrected chi connectivity index (χ0v) is 10.3. The van der Waals surface area contributed by atoms with Crippen LogP contribution < -0.4 is 4.74 Å². The zero-order chi connectivity index (χ0) is 12.3. The maximum absolute atomic E-state index is 12.1. The van der Waals surface area contributed by atoms with Crippen molar-refractivity contribution in [2.45, 2.75) is 6.61 Å². The number of hydrogen-bond donors (Lipinski definition) is 0. The lowest BCUT2D eigenvalue weighted by Gasteiger charge is -2.12. The highest BCUT2D eigenvalue weighted by atomic mass is 79.9. The molecule has 0 aliphatic heterocycles. The molecule has 1 rings (SSSR count). The predicted molar refractivity (Wildman–Crippen MR) is 58.8 cm³/mol. The molecule has 88 valence electrons. The van der Waals surface area contributed by atoms with E-state index in [0.717, 1.165) is 0 Å². The first-order chi connectivity index (χ1) is 7.41. The smallest absolute Gasteiger partial charge is 0.387 e. The molecule has 0 unspecified atom stereocenters. The Balaban J connectivity index is 3.02. The van der Waals surface area contributed by atoms with E-state index in [-0.39, 0.29) is 11.7 Å². The van der Waals surface area contributed by atoms with Gasteiger partial charge in [0, 0.05) is 19.7 Å². The zero-order valence-electron chi connectivity index (χ0n) is 8.71. The maximum Gasteiger partial charge on any atom is 0.387 e. The topological polar surface area (TPSA) is 29.5 Å². The fourth-order valence-electron chi connectivity index (χ4n) is 1.08. The van der Waals surface area contributed by atoms with Gasteiger partial charge in [0.15, 0.2) is 0 Å². The third-order valence-electron chi connectivity index (χ3n) is 1.80. The molecular weight excluding hydrogens is 284 g/mol. The van der Waals surface area contributed by atoms with Crippen LogP contribution in [-0.2, 0) is 0 Å². The molecule has 0 heterocycles. The summed E-state index contributed by atoms with van der Waals surface area (Å²) in [4.78, 5) is 12.9. The Kier molecular flexibility index (Phi) is 4.23. The van der Waals surface area contributed by atoms with Gasteiger partial charge in [0.25, 0.3) is 5.91 Å². The second-order valence-corrected chi connectivity index (χ2v) is 4.08. The largest absolute Gasteiger partial charge is 0.434 e. The van der Waals surface area contributed by atoms with E-state index < -0.39 is 6.61 Å². The van der Waals surface area contributed by atoms with E-state index >= 15 is 0 Å². The van der Waals surface area contributed by atoms with Crippen molar-refractivity contribution in [3.63, 3.8) is 0 Å². The number of benzene rings is 1. The average Bonchev–Trinajstić information content (AvgIpc) is 2.19. The Bertz CT molecular complexity index is 396. The van der Waals surface area contributed by atoms with Crippen LogP contribution in [0.15, 0.2) is 22.7 Å². The minimum Gasteiger partial charge on any atom is -0.434 e. The molecule has 1 amide bonds. The first-order valence-corrected chi connectivity index (χ1v) is 5.17. The summed E-state index contributed by atoms with van der Waals surface area (Å²) in [5.74, 6) is -0.325. The van der Waals surface area contributed by atoms with Crippen LogP contribution in [-0.4, -0.2) is 31.5 Å². The predicted octanol–water partition coefficient (Wildman–Crippen LogP) is 2.75. The van der Waals surface area contributed by atoms with E-state index in [2.05, 4.69) is 20.7 Å². The summed E-state index contributed by atoms with van der Waals surface area (Å²) in [7, 11) is 3.16. The van der Waals surface area contributed by atoms with Gasteiger partial charge < -0.3 is 9.64 Å². The summed E-state index contributed by atoms with van der Waals surface area (Å²) in [5, 5.41) is 0. The first-order valence-electron chi connectivity index (χ1n) is 4.38. The number of hydrogen-bond acceptors (Lipinski definition) is 2. The molecule has 0 aromatic heterocycles. The molecule has 0 spiro atoms. The highest BCUT2D eigenvalue weighted by molar-refractivity contribution is 9.10.